The summed E-state index contributed by atoms with van der Waals surface area (Å²) in [5.41, 5.74) is 0.0299. The van der Waals surface area contributed by atoms with Crippen LogP contribution in [0.3, 0.4) is 0 Å². The van der Waals surface area contributed by atoms with E-state index in [-0.39, 0.29) is 5.56 Å². The summed E-state index contributed by atoms with van der Waals surface area (Å²) in [6.45, 7) is -0.801. The molecule has 1 aromatic heterocycles. The van der Waals surface area contributed by atoms with Crippen molar-refractivity contribution in [3.63, 3.8) is 0 Å². The van der Waals surface area contributed by atoms with Gasteiger partial charge in [0.15, 0.2) is 5.78 Å². The molecule has 0 amide bonds. The Hall–Kier alpha value is -1.25. The lowest BCUT2D eigenvalue weighted by Gasteiger charge is -2.24. The minimum absolute atomic E-state index is 0.0299. The van der Waals surface area contributed by atoms with Crippen LogP contribution >= 0.6 is 0 Å². The summed E-state index contributed by atoms with van der Waals surface area (Å²) in [7, 11) is 0. The van der Waals surface area contributed by atoms with Crippen molar-refractivity contribution in [2.24, 2.45) is 0 Å². The molecule has 0 aliphatic carbocycles. The number of aliphatic hydroxyl groups is 5. The molecule has 17 heavy (non-hydrogen) atoms. The number of carbonyl (C=O) groups is 1. The summed E-state index contributed by atoms with van der Waals surface area (Å²) in [6.07, 6.45) is -5.00. The monoisotopic (exact) mass is 246 g/mol. The second-order valence-electron chi connectivity index (χ2n) is 3.55. The minimum Gasteiger partial charge on any atom is -0.472 e. The molecule has 0 saturated heterocycles. The van der Waals surface area contributed by atoms with Crippen molar-refractivity contribution in [3.05, 3.63) is 24.2 Å². The maximum atomic E-state index is 11.5. The Bertz CT molecular complexity index is 348. The molecule has 0 saturated carbocycles. The predicted molar refractivity (Wildman–Crippen MR) is 54.2 cm³/mol. The molecule has 0 fully saturated rings. The smallest absolute Gasteiger partial charge is 0.197 e. The van der Waals surface area contributed by atoms with Gasteiger partial charge in [-0.15, -0.1) is 0 Å². The first-order valence-corrected chi connectivity index (χ1v) is 4.88. The Morgan fingerprint density at radius 1 is 1.24 bits per heavy atom. The van der Waals surface area contributed by atoms with Crippen molar-refractivity contribution in [2.75, 3.05) is 6.61 Å². The van der Waals surface area contributed by atoms with Gasteiger partial charge in [-0.3, -0.25) is 4.79 Å². The van der Waals surface area contributed by atoms with E-state index in [0.717, 1.165) is 6.26 Å². The van der Waals surface area contributed by atoms with Crippen LogP contribution in [-0.4, -0.2) is 62.3 Å². The molecule has 0 aliphatic heterocycles. The molecular weight excluding hydrogens is 232 g/mol. The zero-order chi connectivity index (χ0) is 13.0. The van der Waals surface area contributed by atoms with Crippen LogP contribution in [0.4, 0.5) is 0 Å². The molecule has 7 heteroatoms. The van der Waals surface area contributed by atoms with Crippen molar-refractivity contribution in [2.45, 2.75) is 24.4 Å². The number of aliphatic hydroxyl groups excluding tert-OH is 5. The fourth-order valence-electron chi connectivity index (χ4n) is 1.25. The van der Waals surface area contributed by atoms with Crippen molar-refractivity contribution < 1.29 is 34.7 Å². The summed E-state index contributed by atoms with van der Waals surface area (Å²) in [6, 6.07) is 1.28. The van der Waals surface area contributed by atoms with Crippen LogP contribution in [0.5, 0.6) is 0 Å². The van der Waals surface area contributed by atoms with Crippen LogP contribution in [0.15, 0.2) is 23.0 Å². The van der Waals surface area contributed by atoms with Gasteiger partial charge in [0, 0.05) is 0 Å². The number of hydrogen-bond acceptors (Lipinski definition) is 7. The lowest BCUT2D eigenvalue weighted by atomic mass is 9.98. The van der Waals surface area contributed by atoms with Gasteiger partial charge in [-0.1, -0.05) is 0 Å². The second kappa shape index (κ2) is 5.89. The van der Waals surface area contributed by atoms with E-state index >= 15 is 0 Å². The molecule has 1 rings (SSSR count). The number of hydrogen-bond donors (Lipinski definition) is 5. The Labute approximate surface area is 96.5 Å². The molecule has 0 unspecified atom stereocenters. The fourth-order valence-corrected chi connectivity index (χ4v) is 1.25. The molecule has 96 valence electrons. The molecule has 0 radical (unpaired) electrons. The molecule has 0 aliphatic rings. The summed E-state index contributed by atoms with van der Waals surface area (Å²) >= 11 is 0. The van der Waals surface area contributed by atoms with Crippen LogP contribution in [0, 0.1) is 0 Å². The topological polar surface area (TPSA) is 131 Å². The highest BCUT2D eigenvalue weighted by Gasteiger charge is 2.34. The van der Waals surface area contributed by atoms with Gasteiger partial charge in [-0.2, -0.15) is 0 Å². The third-order valence-electron chi connectivity index (χ3n) is 2.33. The first kappa shape index (κ1) is 13.8. The standard InChI is InChI=1S/C10H14O7/c11-3-6(12)8(14)10(16)9(15)7(13)5-1-2-17-4-5/h1-2,4,6,8-12,14-16H,3H2/t6-,8+,9+,10+/m1/s1. The Morgan fingerprint density at radius 2 is 1.88 bits per heavy atom. The molecule has 4 atom stereocenters. The highest BCUT2D eigenvalue weighted by Crippen LogP contribution is 2.11. The number of furan rings is 1. The van der Waals surface area contributed by atoms with E-state index in [4.69, 9.17) is 10.2 Å². The lowest BCUT2D eigenvalue weighted by Crippen LogP contribution is -2.48. The number of rotatable bonds is 6. The zero-order valence-electron chi connectivity index (χ0n) is 8.80. The van der Waals surface area contributed by atoms with E-state index in [2.05, 4.69) is 4.42 Å². The minimum atomic E-state index is -1.91. The number of carbonyl (C=O) groups excluding carboxylic acids is 1. The number of ketones is 1. The van der Waals surface area contributed by atoms with Gasteiger partial charge in [-0.05, 0) is 6.07 Å². The Balaban J connectivity index is 2.69. The normalized spacial score (nSPS) is 18.4. The summed E-state index contributed by atoms with van der Waals surface area (Å²) < 4.78 is 4.63. The van der Waals surface area contributed by atoms with E-state index < -0.39 is 36.8 Å². The summed E-state index contributed by atoms with van der Waals surface area (Å²) in [4.78, 5) is 11.5. The summed E-state index contributed by atoms with van der Waals surface area (Å²) in [5, 5.41) is 45.8. The van der Waals surface area contributed by atoms with Crippen molar-refractivity contribution in [1.82, 2.24) is 0 Å². The molecular formula is C10H14O7. The van der Waals surface area contributed by atoms with Crippen LogP contribution in [-0.2, 0) is 0 Å². The van der Waals surface area contributed by atoms with Gasteiger partial charge in [-0.25, -0.2) is 0 Å². The number of Topliss-reactive ketones (excluding diaryl/α,β-unsaturated/α-hetero) is 1. The van der Waals surface area contributed by atoms with E-state index in [9.17, 15) is 20.1 Å². The molecule has 1 heterocycles. The van der Waals surface area contributed by atoms with Gasteiger partial charge >= 0.3 is 0 Å². The average molecular weight is 246 g/mol. The molecule has 0 aromatic carbocycles. The van der Waals surface area contributed by atoms with E-state index in [1.54, 1.807) is 0 Å². The first-order chi connectivity index (χ1) is 7.99. The fraction of sp³-hybridized carbons (Fsp3) is 0.500. The van der Waals surface area contributed by atoms with Crippen LogP contribution in [0.1, 0.15) is 10.4 Å². The summed E-state index contributed by atoms with van der Waals surface area (Å²) in [5.74, 6) is -0.851. The SMILES string of the molecule is O=C(c1ccoc1)[C@H](O)[C@@H](O)[C@@H](O)[C@H](O)CO. The molecule has 7 nitrogen and oxygen atoms in total. The third-order valence-corrected chi connectivity index (χ3v) is 2.33. The Morgan fingerprint density at radius 3 is 2.35 bits per heavy atom. The van der Waals surface area contributed by atoms with Crippen molar-refractivity contribution in [1.29, 1.82) is 0 Å². The van der Waals surface area contributed by atoms with Crippen molar-refractivity contribution >= 4 is 5.78 Å². The zero-order valence-corrected chi connectivity index (χ0v) is 8.80. The van der Waals surface area contributed by atoms with Crippen LogP contribution < -0.4 is 0 Å². The highest BCUT2D eigenvalue weighted by molar-refractivity contribution is 5.99. The van der Waals surface area contributed by atoms with E-state index in [1.165, 1.54) is 12.3 Å². The van der Waals surface area contributed by atoms with Gasteiger partial charge in [0.25, 0.3) is 0 Å². The average Bonchev–Trinajstić information content (AvgIpc) is 2.87. The lowest BCUT2D eigenvalue weighted by molar-refractivity contribution is -0.105. The molecule has 0 bridgehead atoms. The predicted octanol–water partition coefficient (Wildman–Crippen LogP) is -2.10. The van der Waals surface area contributed by atoms with Crippen LogP contribution in [0.25, 0.3) is 0 Å². The van der Waals surface area contributed by atoms with Gasteiger partial charge in [0.2, 0.25) is 0 Å². The maximum absolute atomic E-state index is 11.5. The third kappa shape index (κ3) is 3.11. The van der Waals surface area contributed by atoms with E-state index in [0.29, 0.717) is 0 Å². The highest BCUT2D eigenvalue weighted by atomic mass is 16.4. The molecule has 5 N–H and O–H groups in total. The molecule has 0 spiro atoms. The van der Waals surface area contributed by atoms with Gasteiger partial charge in [0.05, 0.1) is 18.4 Å². The van der Waals surface area contributed by atoms with Crippen LogP contribution in [0.2, 0.25) is 0 Å². The van der Waals surface area contributed by atoms with Crippen molar-refractivity contribution in [3.8, 4) is 0 Å². The van der Waals surface area contributed by atoms with E-state index in [1.807, 2.05) is 0 Å². The second-order valence-corrected chi connectivity index (χ2v) is 3.55. The maximum Gasteiger partial charge on any atom is 0.197 e. The Kier molecular flexibility index (Phi) is 4.79. The van der Waals surface area contributed by atoms with Gasteiger partial charge in [0.1, 0.15) is 30.7 Å². The van der Waals surface area contributed by atoms with Gasteiger partial charge < -0.3 is 29.9 Å². The largest absolute Gasteiger partial charge is 0.472 e. The quantitative estimate of drug-likeness (QED) is 0.363. The molecule has 1 aromatic rings. The first-order valence-electron chi connectivity index (χ1n) is 4.88.